The highest BCUT2D eigenvalue weighted by Gasteiger charge is 2.15. The lowest BCUT2D eigenvalue weighted by Crippen LogP contribution is -2.26. The van der Waals surface area contributed by atoms with Crippen molar-refractivity contribution in [3.63, 3.8) is 0 Å². The second-order valence-corrected chi connectivity index (χ2v) is 7.55. The van der Waals surface area contributed by atoms with E-state index in [-0.39, 0.29) is 18.2 Å². The number of aromatic nitrogens is 2. The Bertz CT molecular complexity index is 913. The van der Waals surface area contributed by atoms with Crippen molar-refractivity contribution in [2.45, 2.75) is 12.8 Å². The topological polar surface area (TPSA) is 84.0 Å². The van der Waals surface area contributed by atoms with Crippen LogP contribution in [0.15, 0.2) is 58.8 Å². The van der Waals surface area contributed by atoms with Gasteiger partial charge in [-0.2, -0.15) is 0 Å². The Morgan fingerprint density at radius 2 is 1.93 bits per heavy atom. The molecule has 0 aliphatic rings. The number of hydrogen-bond acceptors (Lipinski definition) is 5. The molecule has 2 N–H and O–H groups in total. The van der Waals surface area contributed by atoms with E-state index in [2.05, 4.69) is 36.5 Å². The number of hydrogen-bond donors (Lipinski definition) is 2. The summed E-state index contributed by atoms with van der Waals surface area (Å²) in [5, 5.41) is 7.45. The maximum absolute atomic E-state index is 12.4. The molecule has 0 bridgehead atoms. The van der Waals surface area contributed by atoms with Gasteiger partial charge in [0.1, 0.15) is 4.88 Å². The fraction of sp³-hybridized carbons (Fsp3) is 0.158. The van der Waals surface area contributed by atoms with Gasteiger partial charge in [-0.3, -0.25) is 19.6 Å². The molecule has 6 nitrogen and oxygen atoms in total. The van der Waals surface area contributed by atoms with Crippen LogP contribution < -0.4 is 10.6 Å². The summed E-state index contributed by atoms with van der Waals surface area (Å²) in [4.78, 5) is 33.3. The summed E-state index contributed by atoms with van der Waals surface area (Å²) in [6.07, 6.45) is 5.74. The maximum atomic E-state index is 12.4. The van der Waals surface area contributed by atoms with Crippen LogP contribution in [0.4, 0.5) is 5.69 Å². The highest BCUT2D eigenvalue weighted by atomic mass is 79.9. The molecule has 0 aliphatic carbocycles. The maximum Gasteiger partial charge on any atom is 0.263 e. The normalized spacial score (nSPS) is 10.4. The molecule has 27 heavy (non-hydrogen) atoms. The van der Waals surface area contributed by atoms with Crippen LogP contribution in [0.2, 0.25) is 0 Å². The van der Waals surface area contributed by atoms with E-state index in [4.69, 9.17) is 0 Å². The van der Waals surface area contributed by atoms with Crippen molar-refractivity contribution in [2.24, 2.45) is 0 Å². The zero-order chi connectivity index (χ0) is 19.1. The number of halogens is 1. The van der Waals surface area contributed by atoms with E-state index in [1.54, 1.807) is 30.0 Å². The van der Waals surface area contributed by atoms with Crippen molar-refractivity contribution in [1.29, 1.82) is 0 Å². The van der Waals surface area contributed by atoms with Gasteiger partial charge in [-0.25, -0.2) is 0 Å². The molecule has 2 aromatic heterocycles. The van der Waals surface area contributed by atoms with Gasteiger partial charge in [-0.05, 0) is 29.1 Å². The first kappa shape index (κ1) is 19.2. The first-order valence-electron chi connectivity index (χ1n) is 8.26. The molecule has 2 amide bonds. The van der Waals surface area contributed by atoms with Crippen LogP contribution in [-0.2, 0) is 17.6 Å². The molecule has 0 aliphatic heterocycles. The molecule has 0 radical (unpaired) electrons. The molecule has 0 atom stereocenters. The summed E-state index contributed by atoms with van der Waals surface area (Å²) in [6.45, 7) is 0.446. The number of carbonyl (C=O) groups is 2. The number of nitrogens with zero attached hydrogens (tertiary/aromatic N) is 2. The third-order valence-electron chi connectivity index (χ3n) is 3.71. The third kappa shape index (κ3) is 5.70. The van der Waals surface area contributed by atoms with E-state index in [9.17, 15) is 9.59 Å². The molecular formula is C19H17BrN4O2S. The molecule has 3 aromatic rings. The zero-order valence-corrected chi connectivity index (χ0v) is 16.7. The molecule has 0 saturated heterocycles. The van der Waals surface area contributed by atoms with Crippen molar-refractivity contribution >= 4 is 44.8 Å². The van der Waals surface area contributed by atoms with Crippen molar-refractivity contribution in [1.82, 2.24) is 15.3 Å². The number of rotatable bonds is 7. The van der Waals surface area contributed by atoms with Gasteiger partial charge in [0.05, 0.1) is 17.8 Å². The molecule has 3 rings (SSSR count). The Balaban J connectivity index is 1.54. The van der Waals surface area contributed by atoms with Gasteiger partial charge in [-0.15, -0.1) is 11.3 Å². The summed E-state index contributed by atoms with van der Waals surface area (Å²) >= 11 is 4.66. The number of carbonyl (C=O) groups excluding carboxylic acids is 2. The molecule has 8 heteroatoms. The van der Waals surface area contributed by atoms with Gasteiger partial charge in [-0.1, -0.05) is 28.1 Å². The first-order chi connectivity index (χ1) is 13.1. The Morgan fingerprint density at radius 1 is 1.11 bits per heavy atom. The lowest BCUT2D eigenvalue weighted by molar-refractivity contribution is -0.115. The average molecular weight is 445 g/mol. The van der Waals surface area contributed by atoms with Crippen LogP contribution in [0.1, 0.15) is 20.9 Å². The van der Waals surface area contributed by atoms with E-state index in [1.807, 2.05) is 24.3 Å². The first-order valence-corrected chi connectivity index (χ1v) is 9.94. The van der Waals surface area contributed by atoms with Crippen LogP contribution in [0.5, 0.6) is 0 Å². The molecule has 0 fully saturated rings. The van der Waals surface area contributed by atoms with Crippen LogP contribution in [-0.4, -0.2) is 28.3 Å². The van der Waals surface area contributed by atoms with E-state index in [0.29, 0.717) is 23.5 Å². The van der Waals surface area contributed by atoms with Crippen molar-refractivity contribution < 1.29 is 9.59 Å². The lowest BCUT2D eigenvalue weighted by Gasteiger charge is -2.08. The van der Waals surface area contributed by atoms with Crippen molar-refractivity contribution in [3.05, 3.63) is 74.9 Å². The second-order valence-electron chi connectivity index (χ2n) is 5.72. The number of amides is 2. The molecular weight excluding hydrogens is 428 g/mol. The molecule has 0 saturated carbocycles. The quantitative estimate of drug-likeness (QED) is 0.584. The third-order valence-corrected chi connectivity index (χ3v) is 5.15. The predicted molar refractivity (Wildman–Crippen MR) is 109 cm³/mol. The van der Waals surface area contributed by atoms with Crippen LogP contribution in [0.3, 0.4) is 0 Å². The second kappa shape index (κ2) is 9.38. The largest absolute Gasteiger partial charge is 0.351 e. The summed E-state index contributed by atoms with van der Waals surface area (Å²) in [7, 11) is 0. The zero-order valence-electron chi connectivity index (χ0n) is 14.3. The predicted octanol–water partition coefficient (Wildman–Crippen LogP) is 3.45. The van der Waals surface area contributed by atoms with Crippen molar-refractivity contribution in [3.8, 4) is 0 Å². The Hall–Kier alpha value is -2.58. The summed E-state index contributed by atoms with van der Waals surface area (Å²) in [5.74, 6) is -0.378. The molecule has 0 spiro atoms. The van der Waals surface area contributed by atoms with Crippen molar-refractivity contribution in [2.75, 3.05) is 11.9 Å². The number of benzene rings is 1. The summed E-state index contributed by atoms with van der Waals surface area (Å²) in [6, 6.07) is 9.29. The summed E-state index contributed by atoms with van der Waals surface area (Å²) in [5.41, 5.74) is 2.24. The standard InChI is InChI=1S/C19H17BrN4O2S/c20-14-3-1-13(2-4-14)11-17(25)24-16-6-10-27-18(16)19(26)23-7-5-15-12-21-8-9-22-15/h1-4,6,8-10,12H,5,7,11H2,(H,23,26)(H,24,25). The van der Waals surface area contributed by atoms with Gasteiger partial charge in [0.15, 0.2) is 0 Å². The minimum atomic E-state index is -0.215. The van der Waals surface area contributed by atoms with E-state index < -0.39 is 0 Å². The fourth-order valence-corrected chi connectivity index (χ4v) is 3.44. The van der Waals surface area contributed by atoms with E-state index >= 15 is 0 Å². The van der Waals surface area contributed by atoms with Gasteiger partial charge in [0, 0.05) is 36.0 Å². The Kier molecular flexibility index (Phi) is 6.67. The Labute approximate surface area is 169 Å². The average Bonchev–Trinajstić information content (AvgIpc) is 3.12. The number of nitrogens with one attached hydrogen (secondary N) is 2. The number of anilines is 1. The minimum Gasteiger partial charge on any atom is -0.351 e. The van der Waals surface area contributed by atoms with Crippen LogP contribution in [0, 0.1) is 0 Å². The molecule has 2 heterocycles. The molecule has 1 aromatic carbocycles. The lowest BCUT2D eigenvalue weighted by atomic mass is 10.1. The molecule has 138 valence electrons. The smallest absolute Gasteiger partial charge is 0.263 e. The highest BCUT2D eigenvalue weighted by molar-refractivity contribution is 9.10. The minimum absolute atomic E-state index is 0.163. The van der Waals surface area contributed by atoms with E-state index in [0.717, 1.165) is 15.7 Å². The van der Waals surface area contributed by atoms with Crippen LogP contribution in [0.25, 0.3) is 0 Å². The van der Waals surface area contributed by atoms with Gasteiger partial charge < -0.3 is 10.6 Å². The summed E-state index contributed by atoms with van der Waals surface area (Å²) < 4.78 is 0.963. The SMILES string of the molecule is O=C(Cc1ccc(Br)cc1)Nc1ccsc1C(=O)NCCc1cnccn1. The van der Waals surface area contributed by atoms with Gasteiger partial charge in [0.25, 0.3) is 5.91 Å². The fourth-order valence-electron chi connectivity index (χ4n) is 2.41. The van der Waals surface area contributed by atoms with Gasteiger partial charge >= 0.3 is 0 Å². The molecule has 0 unspecified atom stereocenters. The monoisotopic (exact) mass is 444 g/mol. The Morgan fingerprint density at radius 3 is 2.67 bits per heavy atom. The van der Waals surface area contributed by atoms with E-state index in [1.165, 1.54) is 11.3 Å². The van der Waals surface area contributed by atoms with Crippen LogP contribution >= 0.6 is 27.3 Å². The van der Waals surface area contributed by atoms with Gasteiger partial charge in [0.2, 0.25) is 5.91 Å². The highest BCUT2D eigenvalue weighted by Crippen LogP contribution is 2.22. The number of thiophene rings is 1.